The van der Waals surface area contributed by atoms with E-state index in [1.807, 2.05) is 19.9 Å². The van der Waals surface area contributed by atoms with Gasteiger partial charge < -0.3 is 5.11 Å². The van der Waals surface area contributed by atoms with Crippen molar-refractivity contribution in [3.63, 3.8) is 0 Å². The van der Waals surface area contributed by atoms with Crippen LogP contribution in [-0.4, -0.2) is 16.6 Å². The fraction of sp³-hybridized carbons (Fsp3) is 0.333. The maximum Gasteiger partial charge on any atom is 0.273 e. The third-order valence-corrected chi connectivity index (χ3v) is 2.29. The van der Waals surface area contributed by atoms with E-state index in [-0.39, 0.29) is 23.1 Å². The van der Waals surface area contributed by atoms with E-state index in [0.717, 1.165) is 11.1 Å². The zero-order valence-corrected chi connectivity index (χ0v) is 9.38. The van der Waals surface area contributed by atoms with E-state index < -0.39 is 0 Å². The number of hydrogen-bond acceptors (Lipinski definition) is 3. The molecule has 16 heavy (non-hydrogen) atoms. The summed E-state index contributed by atoms with van der Waals surface area (Å²) < 4.78 is 0. The Morgan fingerprint density at radius 1 is 1.50 bits per heavy atom. The number of benzene rings is 1. The Hall–Kier alpha value is -1.68. The van der Waals surface area contributed by atoms with Gasteiger partial charge in [0.1, 0.15) is 0 Å². The van der Waals surface area contributed by atoms with E-state index in [2.05, 4.69) is 0 Å². The summed E-state index contributed by atoms with van der Waals surface area (Å²) in [5, 5.41) is 19.5. The highest BCUT2D eigenvalue weighted by atomic mass is 16.6. The SMILES string of the molecule is CC(C)c1ccc(C=CCO)cc1[N+](=O)[O-]. The van der Waals surface area contributed by atoms with Gasteiger partial charge in [0.15, 0.2) is 0 Å². The van der Waals surface area contributed by atoms with Crippen molar-refractivity contribution in [2.75, 3.05) is 6.61 Å². The highest BCUT2D eigenvalue weighted by Crippen LogP contribution is 2.27. The average molecular weight is 221 g/mol. The predicted octanol–water partition coefficient (Wildman–Crippen LogP) is 2.72. The van der Waals surface area contributed by atoms with Gasteiger partial charge in [-0.1, -0.05) is 38.1 Å². The number of aliphatic hydroxyl groups is 1. The molecule has 0 aliphatic rings. The molecule has 0 saturated heterocycles. The summed E-state index contributed by atoms with van der Waals surface area (Å²) in [5.74, 6) is 0.122. The Morgan fingerprint density at radius 2 is 2.19 bits per heavy atom. The van der Waals surface area contributed by atoms with Gasteiger partial charge in [-0.3, -0.25) is 10.1 Å². The van der Waals surface area contributed by atoms with Crippen molar-refractivity contribution in [1.29, 1.82) is 0 Å². The molecule has 0 fully saturated rings. The summed E-state index contributed by atoms with van der Waals surface area (Å²) >= 11 is 0. The predicted molar refractivity (Wildman–Crippen MR) is 63.3 cm³/mol. The summed E-state index contributed by atoms with van der Waals surface area (Å²) in [5.41, 5.74) is 1.59. The average Bonchev–Trinajstić information content (AvgIpc) is 2.25. The number of hydrogen-bond donors (Lipinski definition) is 1. The van der Waals surface area contributed by atoms with Crippen molar-refractivity contribution in [2.24, 2.45) is 0 Å². The number of rotatable bonds is 4. The molecule has 0 heterocycles. The first kappa shape index (κ1) is 12.4. The number of nitro benzene ring substituents is 1. The van der Waals surface area contributed by atoms with E-state index in [4.69, 9.17) is 5.11 Å². The van der Waals surface area contributed by atoms with Crippen molar-refractivity contribution < 1.29 is 10.0 Å². The maximum atomic E-state index is 10.9. The molecule has 4 nitrogen and oxygen atoms in total. The standard InChI is InChI=1S/C12H15NO3/c1-9(2)11-6-5-10(4-3-7-14)8-12(11)13(15)16/h3-6,8-9,14H,7H2,1-2H3. The first-order valence-electron chi connectivity index (χ1n) is 5.12. The number of nitrogens with zero attached hydrogens (tertiary/aromatic N) is 1. The van der Waals surface area contributed by atoms with Crippen LogP contribution in [0, 0.1) is 10.1 Å². The summed E-state index contributed by atoms with van der Waals surface area (Å²) in [6.45, 7) is 3.77. The van der Waals surface area contributed by atoms with Crippen LogP contribution in [0.5, 0.6) is 0 Å². The minimum Gasteiger partial charge on any atom is -0.392 e. The Morgan fingerprint density at radius 3 is 2.69 bits per heavy atom. The lowest BCUT2D eigenvalue weighted by Crippen LogP contribution is -1.97. The molecule has 0 saturated carbocycles. The maximum absolute atomic E-state index is 10.9. The summed E-state index contributed by atoms with van der Waals surface area (Å²) in [7, 11) is 0. The smallest absolute Gasteiger partial charge is 0.273 e. The fourth-order valence-corrected chi connectivity index (χ4v) is 1.50. The second-order valence-corrected chi connectivity index (χ2v) is 3.82. The molecule has 0 aliphatic carbocycles. The van der Waals surface area contributed by atoms with Crippen molar-refractivity contribution in [2.45, 2.75) is 19.8 Å². The van der Waals surface area contributed by atoms with Gasteiger partial charge >= 0.3 is 0 Å². The molecular weight excluding hydrogens is 206 g/mol. The van der Waals surface area contributed by atoms with E-state index in [9.17, 15) is 10.1 Å². The van der Waals surface area contributed by atoms with Crippen LogP contribution < -0.4 is 0 Å². The Kier molecular flexibility index (Phi) is 4.19. The largest absolute Gasteiger partial charge is 0.392 e. The van der Waals surface area contributed by atoms with Crippen molar-refractivity contribution >= 4 is 11.8 Å². The van der Waals surface area contributed by atoms with Crippen LogP contribution in [0.1, 0.15) is 30.9 Å². The van der Waals surface area contributed by atoms with Crippen LogP contribution in [0.15, 0.2) is 24.3 Å². The molecule has 1 aromatic carbocycles. The number of nitro groups is 1. The molecule has 1 aromatic rings. The first-order chi connectivity index (χ1) is 7.56. The number of aliphatic hydroxyl groups excluding tert-OH is 1. The summed E-state index contributed by atoms with van der Waals surface area (Å²) in [6, 6.07) is 5.11. The third kappa shape index (κ3) is 2.90. The van der Waals surface area contributed by atoms with E-state index in [1.165, 1.54) is 6.07 Å². The highest BCUT2D eigenvalue weighted by molar-refractivity contribution is 5.56. The normalized spacial score (nSPS) is 11.2. The molecule has 1 rings (SSSR count). The van der Waals surface area contributed by atoms with Gasteiger partial charge in [-0.15, -0.1) is 0 Å². The van der Waals surface area contributed by atoms with E-state index in [1.54, 1.807) is 18.2 Å². The highest BCUT2D eigenvalue weighted by Gasteiger charge is 2.16. The van der Waals surface area contributed by atoms with Gasteiger partial charge in [-0.2, -0.15) is 0 Å². The second kappa shape index (κ2) is 5.42. The lowest BCUT2D eigenvalue weighted by atomic mass is 9.99. The van der Waals surface area contributed by atoms with Crippen LogP contribution in [-0.2, 0) is 0 Å². The molecule has 86 valence electrons. The molecule has 0 atom stereocenters. The summed E-state index contributed by atoms with van der Waals surface area (Å²) in [4.78, 5) is 10.5. The Labute approximate surface area is 94.4 Å². The van der Waals surface area contributed by atoms with Crippen molar-refractivity contribution in [3.8, 4) is 0 Å². The monoisotopic (exact) mass is 221 g/mol. The van der Waals surface area contributed by atoms with Crippen LogP contribution in [0.25, 0.3) is 6.08 Å². The lowest BCUT2D eigenvalue weighted by Gasteiger charge is -2.06. The van der Waals surface area contributed by atoms with Gasteiger partial charge in [0.25, 0.3) is 5.69 Å². The van der Waals surface area contributed by atoms with Crippen LogP contribution >= 0.6 is 0 Å². The van der Waals surface area contributed by atoms with Gasteiger partial charge in [0.2, 0.25) is 0 Å². The van der Waals surface area contributed by atoms with Crippen LogP contribution in [0.2, 0.25) is 0 Å². The molecule has 0 radical (unpaired) electrons. The van der Waals surface area contributed by atoms with Crippen molar-refractivity contribution in [3.05, 3.63) is 45.5 Å². The van der Waals surface area contributed by atoms with Gasteiger partial charge in [-0.25, -0.2) is 0 Å². The zero-order chi connectivity index (χ0) is 12.1. The third-order valence-electron chi connectivity index (χ3n) is 2.29. The molecule has 0 bridgehead atoms. The minimum atomic E-state index is -0.369. The topological polar surface area (TPSA) is 63.4 Å². The minimum absolute atomic E-state index is 0.0697. The zero-order valence-electron chi connectivity index (χ0n) is 9.38. The molecule has 0 spiro atoms. The Bertz CT molecular complexity index is 411. The van der Waals surface area contributed by atoms with Gasteiger partial charge in [0.05, 0.1) is 11.5 Å². The molecule has 0 amide bonds. The van der Waals surface area contributed by atoms with E-state index in [0.29, 0.717) is 0 Å². The van der Waals surface area contributed by atoms with Crippen molar-refractivity contribution in [1.82, 2.24) is 0 Å². The second-order valence-electron chi connectivity index (χ2n) is 3.82. The molecule has 0 unspecified atom stereocenters. The fourth-order valence-electron chi connectivity index (χ4n) is 1.50. The molecule has 4 heteroatoms. The van der Waals surface area contributed by atoms with Crippen LogP contribution in [0.4, 0.5) is 5.69 Å². The van der Waals surface area contributed by atoms with Crippen LogP contribution in [0.3, 0.4) is 0 Å². The lowest BCUT2D eigenvalue weighted by molar-refractivity contribution is -0.385. The summed E-state index contributed by atoms with van der Waals surface area (Å²) in [6.07, 6.45) is 3.21. The molecular formula is C12H15NO3. The van der Waals surface area contributed by atoms with E-state index >= 15 is 0 Å². The molecule has 0 aliphatic heterocycles. The quantitative estimate of drug-likeness (QED) is 0.628. The molecule has 0 aromatic heterocycles. The first-order valence-corrected chi connectivity index (χ1v) is 5.12. The van der Waals surface area contributed by atoms with Gasteiger partial charge in [0, 0.05) is 11.6 Å². The van der Waals surface area contributed by atoms with Gasteiger partial charge in [-0.05, 0) is 11.5 Å². The molecule has 1 N–H and O–H groups in total. The Balaban J connectivity index is 3.17.